The average Bonchev–Trinajstić information content (AvgIpc) is 2.52. The van der Waals surface area contributed by atoms with Crippen LogP contribution in [0, 0.1) is 0 Å². The summed E-state index contributed by atoms with van der Waals surface area (Å²) >= 11 is 0. The number of nitrogens with two attached hydrogens (primary N) is 1. The molecule has 0 aliphatic carbocycles. The number of hydrogen-bond acceptors (Lipinski definition) is 3. The molecule has 0 saturated carbocycles. The van der Waals surface area contributed by atoms with Crippen LogP contribution in [0.25, 0.3) is 0 Å². The highest BCUT2D eigenvalue weighted by Crippen LogP contribution is 2.37. The minimum absolute atomic E-state index is 0.0268. The van der Waals surface area contributed by atoms with E-state index in [1.54, 1.807) is 0 Å². The number of anilines is 2. The number of halogens is 6. The molecular weight excluding hydrogens is 366 g/mol. The minimum atomic E-state index is -5.01. The molecule has 0 bridgehead atoms. The highest BCUT2D eigenvalue weighted by Gasteiger charge is 2.37. The van der Waals surface area contributed by atoms with Gasteiger partial charge in [0.2, 0.25) is 0 Å². The SMILES string of the molecule is COc1ccc(C(=O)Nc2cc(C(F)(F)F)cc(C(F)(F)F)c2)cc1N. The minimum Gasteiger partial charge on any atom is -0.495 e. The van der Waals surface area contributed by atoms with E-state index < -0.39 is 35.1 Å². The molecule has 0 unspecified atom stereocenters. The summed E-state index contributed by atoms with van der Waals surface area (Å²) in [5.41, 5.74) is 1.94. The molecule has 0 aliphatic heterocycles. The second-order valence-corrected chi connectivity index (χ2v) is 5.21. The van der Waals surface area contributed by atoms with Gasteiger partial charge in [-0.05, 0) is 36.4 Å². The summed E-state index contributed by atoms with van der Waals surface area (Å²) in [5, 5.41) is 2.01. The molecule has 2 aromatic rings. The van der Waals surface area contributed by atoms with Crippen molar-refractivity contribution in [2.24, 2.45) is 0 Å². The van der Waals surface area contributed by atoms with Crippen LogP contribution in [0.15, 0.2) is 36.4 Å². The van der Waals surface area contributed by atoms with E-state index in [1.807, 2.05) is 5.32 Å². The number of amides is 1. The average molecular weight is 378 g/mol. The summed E-state index contributed by atoms with van der Waals surface area (Å²) in [5.74, 6) is -0.660. The Kier molecular flexibility index (Phi) is 5.06. The number of benzene rings is 2. The number of nitrogen functional groups attached to an aromatic ring is 1. The first-order chi connectivity index (χ1) is 11.9. The Hall–Kier alpha value is -2.91. The van der Waals surface area contributed by atoms with Crippen LogP contribution < -0.4 is 15.8 Å². The highest BCUT2D eigenvalue weighted by molar-refractivity contribution is 6.05. The summed E-state index contributed by atoms with van der Waals surface area (Å²) in [7, 11) is 1.34. The van der Waals surface area contributed by atoms with Crippen molar-refractivity contribution >= 4 is 17.3 Å². The Labute approximate surface area is 143 Å². The monoisotopic (exact) mass is 378 g/mol. The highest BCUT2D eigenvalue weighted by atomic mass is 19.4. The molecule has 26 heavy (non-hydrogen) atoms. The van der Waals surface area contributed by atoms with Crippen molar-refractivity contribution in [3.8, 4) is 5.75 Å². The predicted octanol–water partition coefficient (Wildman–Crippen LogP) is 4.57. The van der Waals surface area contributed by atoms with E-state index in [-0.39, 0.29) is 23.1 Å². The molecule has 4 nitrogen and oxygen atoms in total. The van der Waals surface area contributed by atoms with Gasteiger partial charge in [-0.2, -0.15) is 26.3 Å². The first-order valence-electron chi connectivity index (χ1n) is 6.96. The predicted molar refractivity (Wildman–Crippen MR) is 81.8 cm³/mol. The van der Waals surface area contributed by atoms with E-state index in [0.717, 1.165) is 0 Å². The van der Waals surface area contributed by atoms with Gasteiger partial charge in [0.05, 0.1) is 23.9 Å². The van der Waals surface area contributed by atoms with Gasteiger partial charge in [0.15, 0.2) is 0 Å². The second-order valence-electron chi connectivity index (χ2n) is 5.21. The molecule has 0 aliphatic rings. The molecule has 2 aromatic carbocycles. The fourth-order valence-corrected chi connectivity index (χ4v) is 2.11. The lowest BCUT2D eigenvalue weighted by atomic mass is 10.1. The summed E-state index contributed by atoms with van der Waals surface area (Å²) in [6.07, 6.45) is -10.0. The van der Waals surface area contributed by atoms with Gasteiger partial charge < -0.3 is 15.8 Å². The van der Waals surface area contributed by atoms with E-state index in [2.05, 4.69) is 0 Å². The number of methoxy groups -OCH3 is 1. The van der Waals surface area contributed by atoms with Crippen molar-refractivity contribution in [1.29, 1.82) is 0 Å². The van der Waals surface area contributed by atoms with Crippen molar-refractivity contribution in [2.45, 2.75) is 12.4 Å². The van der Waals surface area contributed by atoms with Crippen LogP contribution in [0.5, 0.6) is 5.75 Å². The van der Waals surface area contributed by atoms with Crippen molar-refractivity contribution in [3.63, 3.8) is 0 Å². The van der Waals surface area contributed by atoms with Crippen LogP contribution >= 0.6 is 0 Å². The van der Waals surface area contributed by atoms with E-state index in [1.165, 1.54) is 25.3 Å². The standard InChI is InChI=1S/C16H12F6N2O2/c1-26-13-3-2-8(4-12(13)23)14(25)24-11-6-9(15(17,18)19)5-10(7-11)16(20,21)22/h2-7H,23H2,1H3,(H,24,25). The maximum atomic E-state index is 12.8. The van der Waals surface area contributed by atoms with Crippen LogP contribution in [0.2, 0.25) is 0 Å². The van der Waals surface area contributed by atoms with Gasteiger partial charge in [0.1, 0.15) is 5.75 Å². The number of carbonyl (C=O) groups excluding carboxylic acids is 1. The fraction of sp³-hybridized carbons (Fsp3) is 0.188. The van der Waals surface area contributed by atoms with E-state index in [4.69, 9.17) is 10.5 Å². The lowest BCUT2D eigenvalue weighted by Gasteiger charge is -2.15. The lowest BCUT2D eigenvalue weighted by molar-refractivity contribution is -0.143. The zero-order valence-corrected chi connectivity index (χ0v) is 13.1. The molecule has 0 saturated heterocycles. The van der Waals surface area contributed by atoms with Gasteiger partial charge in [-0.15, -0.1) is 0 Å². The largest absolute Gasteiger partial charge is 0.495 e. The second kappa shape index (κ2) is 6.77. The van der Waals surface area contributed by atoms with Crippen molar-refractivity contribution in [3.05, 3.63) is 53.1 Å². The number of ether oxygens (including phenoxy) is 1. The van der Waals surface area contributed by atoms with Gasteiger partial charge in [-0.3, -0.25) is 4.79 Å². The molecule has 10 heteroatoms. The van der Waals surface area contributed by atoms with Crippen LogP contribution in [0.3, 0.4) is 0 Å². The molecule has 140 valence electrons. The number of hydrogen-bond donors (Lipinski definition) is 2. The van der Waals surface area contributed by atoms with Crippen LogP contribution in [0.1, 0.15) is 21.5 Å². The van der Waals surface area contributed by atoms with Crippen molar-refractivity contribution in [2.75, 3.05) is 18.2 Å². The van der Waals surface area contributed by atoms with Gasteiger partial charge in [-0.1, -0.05) is 0 Å². The zero-order valence-electron chi connectivity index (χ0n) is 13.1. The number of alkyl halides is 6. The van der Waals surface area contributed by atoms with E-state index >= 15 is 0 Å². The van der Waals surface area contributed by atoms with Gasteiger partial charge in [0.25, 0.3) is 5.91 Å². The maximum Gasteiger partial charge on any atom is 0.416 e. The quantitative estimate of drug-likeness (QED) is 0.608. The molecule has 1 amide bonds. The fourth-order valence-electron chi connectivity index (χ4n) is 2.11. The van der Waals surface area contributed by atoms with E-state index in [0.29, 0.717) is 12.1 Å². The van der Waals surface area contributed by atoms with E-state index in [9.17, 15) is 31.1 Å². The Balaban J connectivity index is 2.39. The van der Waals surface area contributed by atoms with Crippen LogP contribution in [0.4, 0.5) is 37.7 Å². The molecule has 3 N–H and O–H groups in total. The molecule has 0 atom stereocenters. The third-order valence-corrected chi connectivity index (χ3v) is 3.34. The Morgan fingerprint density at radius 1 is 0.962 bits per heavy atom. The molecular formula is C16H12F6N2O2. The Morgan fingerprint density at radius 2 is 1.50 bits per heavy atom. The normalized spacial score (nSPS) is 12.0. The molecule has 2 rings (SSSR count). The van der Waals surface area contributed by atoms with Crippen molar-refractivity contribution < 1.29 is 35.9 Å². The molecule has 0 aromatic heterocycles. The Morgan fingerprint density at radius 3 is 1.92 bits per heavy atom. The first kappa shape index (κ1) is 19.4. The number of rotatable bonds is 3. The van der Waals surface area contributed by atoms with Crippen molar-refractivity contribution in [1.82, 2.24) is 0 Å². The van der Waals surface area contributed by atoms with Gasteiger partial charge >= 0.3 is 12.4 Å². The number of carbonyl (C=O) groups is 1. The molecule has 0 heterocycles. The first-order valence-corrected chi connectivity index (χ1v) is 6.96. The molecule has 0 spiro atoms. The summed E-state index contributed by atoms with van der Waals surface area (Å²) < 4.78 is 81.8. The number of nitrogens with one attached hydrogen (secondary N) is 1. The zero-order chi connectivity index (χ0) is 19.7. The van der Waals surface area contributed by atoms with Crippen LogP contribution in [-0.4, -0.2) is 13.0 Å². The van der Waals surface area contributed by atoms with Crippen LogP contribution in [-0.2, 0) is 12.4 Å². The van der Waals surface area contributed by atoms with Gasteiger partial charge in [-0.25, -0.2) is 0 Å². The third-order valence-electron chi connectivity index (χ3n) is 3.34. The molecule has 0 radical (unpaired) electrons. The maximum absolute atomic E-state index is 12.8. The summed E-state index contributed by atoms with van der Waals surface area (Å²) in [4.78, 5) is 12.1. The summed E-state index contributed by atoms with van der Waals surface area (Å²) in [6, 6.07) is 4.61. The molecule has 0 fully saturated rings. The Bertz CT molecular complexity index is 798. The lowest BCUT2D eigenvalue weighted by Crippen LogP contribution is -2.16. The summed E-state index contributed by atoms with van der Waals surface area (Å²) in [6.45, 7) is 0. The third kappa shape index (κ3) is 4.38. The van der Waals surface area contributed by atoms with Gasteiger partial charge in [0, 0.05) is 11.3 Å². The smallest absolute Gasteiger partial charge is 0.416 e. The topological polar surface area (TPSA) is 64.3 Å².